The van der Waals surface area contributed by atoms with Crippen molar-refractivity contribution in [1.82, 2.24) is 4.90 Å². The molecule has 1 aromatic rings. The molecule has 1 amide bonds. The molecule has 0 aliphatic heterocycles. The van der Waals surface area contributed by atoms with Crippen molar-refractivity contribution in [2.75, 3.05) is 13.6 Å². The molecule has 1 aromatic carbocycles. The van der Waals surface area contributed by atoms with E-state index in [0.29, 0.717) is 5.75 Å². The van der Waals surface area contributed by atoms with E-state index in [9.17, 15) is 9.59 Å². The normalized spacial score (nSPS) is 11.8. The topological polar surface area (TPSA) is 66.8 Å². The number of hydrogen-bond donors (Lipinski definition) is 1. The molecule has 1 rings (SSSR count). The van der Waals surface area contributed by atoms with Gasteiger partial charge in [-0.3, -0.25) is 9.59 Å². The van der Waals surface area contributed by atoms with Gasteiger partial charge in [-0.05, 0) is 44.0 Å². The fourth-order valence-electron chi connectivity index (χ4n) is 1.85. The summed E-state index contributed by atoms with van der Waals surface area (Å²) in [5.41, 5.74) is 2.10. The first-order valence-electron chi connectivity index (χ1n) is 6.01. The van der Waals surface area contributed by atoms with Crippen molar-refractivity contribution in [3.8, 4) is 5.75 Å². The Kier molecular flexibility index (Phi) is 4.92. The second kappa shape index (κ2) is 6.22. The number of likely N-dealkylation sites (N-methyl/N-ethyl adjacent to an activating group) is 1. The third-order valence-corrected chi connectivity index (χ3v) is 2.60. The summed E-state index contributed by atoms with van der Waals surface area (Å²) in [5.74, 6) is -0.793. The van der Waals surface area contributed by atoms with Gasteiger partial charge in [0.2, 0.25) is 0 Å². The molecular formula is C14H19NO4. The minimum absolute atomic E-state index is 0.334. The lowest BCUT2D eigenvalue weighted by atomic mass is 10.1. The van der Waals surface area contributed by atoms with Crippen LogP contribution in [0.15, 0.2) is 18.2 Å². The van der Waals surface area contributed by atoms with E-state index in [-0.39, 0.29) is 12.5 Å². The molecule has 0 heterocycles. The van der Waals surface area contributed by atoms with Crippen molar-refractivity contribution in [2.24, 2.45) is 0 Å². The van der Waals surface area contributed by atoms with Crippen LogP contribution in [0.2, 0.25) is 0 Å². The molecule has 19 heavy (non-hydrogen) atoms. The van der Waals surface area contributed by atoms with Crippen LogP contribution in [-0.4, -0.2) is 41.6 Å². The summed E-state index contributed by atoms with van der Waals surface area (Å²) < 4.78 is 5.56. The van der Waals surface area contributed by atoms with Crippen LogP contribution in [0.1, 0.15) is 18.1 Å². The lowest BCUT2D eigenvalue weighted by molar-refractivity contribution is -0.146. The molecule has 5 nitrogen and oxygen atoms in total. The van der Waals surface area contributed by atoms with Gasteiger partial charge in [0.05, 0.1) is 0 Å². The number of hydrogen-bond acceptors (Lipinski definition) is 3. The predicted octanol–water partition coefficient (Wildman–Crippen LogP) is 1.61. The zero-order chi connectivity index (χ0) is 14.6. The van der Waals surface area contributed by atoms with Crippen molar-refractivity contribution in [3.63, 3.8) is 0 Å². The number of carbonyl (C=O) groups is 2. The number of rotatable bonds is 5. The zero-order valence-corrected chi connectivity index (χ0v) is 11.6. The Morgan fingerprint density at radius 3 is 2.26 bits per heavy atom. The van der Waals surface area contributed by atoms with E-state index in [1.165, 1.54) is 7.05 Å². The molecule has 0 aliphatic rings. The summed E-state index contributed by atoms with van der Waals surface area (Å²) in [6.45, 7) is 5.17. The maximum Gasteiger partial charge on any atom is 0.323 e. The van der Waals surface area contributed by atoms with E-state index < -0.39 is 12.1 Å². The fourth-order valence-corrected chi connectivity index (χ4v) is 1.85. The van der Waals surface area contributed by atoms with Gasteiger partial charge in [0.15, 0.2) is 6.10 Å². The van der Waals surface area contributed by atoms with Crippen LogP contribution in [-0.2, 0) is 9.59 Å². The van der Waals surface area contributed by atoms with E-state index in [2.05, 4.69) is 0 Å². The van der Waals surface area contributed by atoms with Crippen LogP contribution in [0.5, 0.6) is 5.75 Å². The quantitative estimate of drug-likeness (QED) is 0.878. The zero-order valence-electron chi connectivity index (χ0n) is 11.6. The molecule has 0 saturated heterocycles. The van der Waals surface area contributed by atoms with Crippen LogP contribution < -0.4 is 4.74 Å². The Labute approximate surface area is 112 Å². The summed E-state index contributed by atoms with van der Waals surface area (Å²) >= 11 is 0. The summed E-state index contributed by atoms with van der Waals surface area (Å²) in [6, 6.07) is 5.69. The van der Waals surface area contributed by atoms with Crippen molar-refractivity contribution >= 4 is 11.9 Å². The van der Waals surface area contributed by atoms with Crippen molar-refractivity contribution in [2.45, 2.75) is 26.9 Å². The standard InChI is InChI=1S/C14H19NO4/c1-9-5-10(2)7-12(6-9)19-11(3)14(18)15(4)8-13(16)17/h5-7,11H,8H2,1-4H3,(H,16,17). The summed E-state index contributed by atoms with van der Waals surface area (Å²) in [6.07, 6.45) is -0.717. The number of aryl methyl sites for hydroxylation is 2. The summed E-state index contributed by atoms with van der Waals surface area (Å²) in [4.78, 5) is 23.6. The number of ether oxygens (including phenoxy) is 1. The number of benzene rings is 1. The third kappa shape index (κ3) is 4.62. The van der Waals surface area contributed by atoms with Crippen molar-refractivity contribution < 1.29 is 19.4 Å². The van der Waals surface area contributed by atoms with Crippen LogP contribution in [0.25, 0.3) is 0 Å². The average molecular weight is 265 g/mol. The molecule has 0 spiro atoms. The van der Waals surface area contributed by atoms with Gasteiger partial charge in [0, 0.05) is 7.05 Å². The first-order chi connectivity index (χ1) is 8.79. The highest BCUT2D eigenvalue weighted by Gasteiger charge is 2.20. The Hall–Kier alpha value is -2.04. The highest BCUT2D eigenvalue weighted by Crippen LogP contribution is 2.18. The Morgan fingerprint density at radius 2 is 1.79 bits per heavy atom. The number of nitrogens with zero attached hydrogens (tertiary/aromatic N) is 1. The molecule has 0 radical (unpaired) electrons. The molecule has 0 aromatic heterocycles. The first kappa shape index (κ1) is 15.0. The van der Waals surface area contributed by atoms with E-state index in [4.69, 9.17) is 9.84 Å². The second-order valence-electron chi connectivity index (χ2n) is 4.67. The van der Waals surface area contributed by atoms with Gasteiger partial charge in [-0.1, -0.05) is 6.07 Å². The van der Waals surface area contributed by atoms with Gasteiger partial charge in [-0.25, -0.2) is 0 Å². The Balaban J connectivity index is 2.70. The van der Waals surface area contributed by atoms with E-state index >= 15 is 0 Å². The van der Waals surface area contributed by atoms with Crippen molar-refractivity contribution in [1.29, 1.82) is 0 Å². The summed E-state index contributed by atoms with van der Waals surface area (Å²) in [5, 5.41) is 8.64. The molecule has 0 saturated carbocycles. The molecular weight excluding hydrogens is 246 g/mol. The smallest absolute Gasteiger partial charge is 0.323 e. The van der Waals surface area contributed by atoms with E-state index in [1.807, 2.05) is 32.0 Å². The van der Waals surface area contributed by atoms with Gasteiger partial charge in [0.1, 0.15) is 12.3 Å². The lowest BCUT2D eigenvalue weighted by Crippen LogP contribution is -2.40. The second-order valence-corrected chi connectivity index (χ2v) is 4.67. The fraction of sp³-hybridized carbons (Fsp3) is 0.429. The van der Waals surface area contributed by atoms with Crippen LogP contribution >= 0.6 is 0 Å². The predicted molar refractivity (Wildman–Crippen MR) is 71.3 cm³/mol. The molecule has 1 N–H and O–H groups in total. The number of carboxylic acid groups (broad SMARTS) is 1. The number of amides is 1. The van der Waals surface area contributed by atoms with E-state index in [0.717, 1.165) is 16.0 Å². The van der Waals surface area contributed by atoms with Gasteiger partial charge in [0.25, 0.3) is 5.91 Å². The highest BCUT2D eigenvalue weighted by atomic mass is 16.5. The van der Waals surface area contributed by atoms with Gasteiger partial charge < -0.3 is 14.7 Å². The first-order valence-corrected chi connectivity index (χ1v) is 6.01. The van der Waals surface area contributed by atoms with Crippen LogP contribution in [0.4, 0.5) is 0 Å². The number of aliphatic carboxylic acids is 1. The van der Waals surface area contributed by atoms with Gasteiger partial charge >= 0.3 is 5.97 Å². The monoisotopic (exact) mass is 265 g/mol. The van der Waals surface area contributed by atoms with Crippen molar-refractivity contribution in [3.05, 3.63) is 29.3 Å². The molecule has 0 fully saturated rings. The number of carbonyl (C=O) groups excluding carboxylic acids is 1. The average Bonchev–Trinajstić information content (AvgIpc) is 2.25. The highest BCUT2D eigenvalue weighted by molar-refractivity contribution is 5.84. The third-order valence-electron chi connectivity index (χ3n) is 2.60. The largest absolute Gasteiger partial charge is 0.481 e. The van der Waals surface area contributed by atoms with Gasteiger partial charge in [-0.15, -0.1) is 0 Å². The molecule has 0 aliphatic carbocycles. The minimum atomic E-state index is -1.05. The lowest BCUT2D eigenvalue weighted by Gasteiger charge is -2.21. The maximum absolute atomic E-state index is 11.9. The summed E-state index contributed by atoms with van der Waals surface area (Å²) in [7, 11) is 1.44. The van der Waals surface area contributed by atoms with Gasteiger partial charge in [-0.2, -0.15) is 0 Å². The van der Waals surface area contributed by atoms with Crippen LogP contribution in [0.3, 0.4) is 0 Å². The van der Waals surface area contributed by atoms with E-state index in [1.54, 1.807) is 6.92 Å². The Bertz CT molecular complexity index is 464. The van der Waals surface area contributed by atoms with Crippen LogP contribution in [0, 0.1) is 13.8 Å². The molecule has 5 heteroatoms. The molecule has 1 atom stereocenters. The Morgan fingerprint density at radius 1 is 1.26 bits per heavy atom. The maximum atomic E-state index is 11.9. The molecule has 0 bridgehead atoms. The molecule has 1 unspecified atom stereocenters. The number of carboxylic acids is 1. The minimum Gasteiger partial charge on any atom is -0.481 e. The molecule has 104 valence electrons. The SMILES string of the molecule is Cc1cc(C)cc(OC(C)C(=O)N(C)CC(=O)O)c1.